The third kappa shape index (κ3) is 2.70. The van der Waals surface area contributed by atoms with Crippen molar-refractivity contribution in [1.29, 1.82) is 0 Å². The highest BCUT2D eigenvalue weighted by Crippen LogP contribution is 2.14. The summed E-state index contributed by atoms with van der Waals surface area (Å²) in [5.74, 6) is -0.928. The zero-order valence-electron chi connectivity index (χ0n) is 8.99. The van der Waals surface area contributed by atoms with Crippen LogP contribution in [0.15, 0.2) is 24.4 Å². The molecule has 1 aromatic rings. The second-order valence-corrected chi connectivity index (χ2v) is 3.50. The predicted molar refractivity (Wildman–Crippen MR) is 56.9 cm³/mol. The number of aromatic carboxylic acids is 1. The molecule has 4 heteroatoms. The van der Waals surface area contributed by atoms with Crippen LogP contribution >= 0.6 is 0 Å². The van der Waals surface area contributed by atoms with Crippen molar-refractivity contribution in [3.8, 4) is 0 Å². The average Bonchev–Trinajstić information content (AvgIpc) is 2.48. The van der Waals surface area contributed by atoms with Gasteiger partial charge in [-0.15, -0.1) is 0 Å². The number of carbonyl (C=O) groups is 1. The summed E-state index contributed by atoms with van der Waals surface area (Å²) in [5, 5.41) is 8.95. The molecule has 0 bridgehead atoms. The zero-order valence-corrected chi connectivity index (χ0v) is 8.99. The minimum atomic E-state index is -0.928. The summed E-state index contributed by atoms with van der Waals surface area (Å²) in [6, 6.07) is 1.58. The molecule has 0 amide bonds. The quantitative estimate of drug-likeness (QED) is 0.753. The Hall–Kier alpha value is -1.55. The molecule has 0 aliphatic rings. The molecule has 0 unspecified atom stereocenters. The summed E-state index contributed by atoms with van der Waals surface area (Å²) in [7, 11) is 1.55. The number of carboxylic acids is 1. The van der Waals surface area contributed by atoms with Gasteiger partial charge in [0.05, 0.1) is 17.9 Å². The van der Waals surface area contributed by atoms with Crippen LogP contribution in [0, 0.1) is 0 Å². The Labute approximate surface area is 88.8 Å². The number of hydrogen-bond acceptors (Lipinski definition) is 2. The Morgan fingerprint density at radius 2 is 2.33 bits per heavy atom. The van der Waals surface area contributed by atoms with Crippen molar-refractivity contribution in [2.45, 2.75) is 20.1 Å². The van der Waals surface area contributed by atoms with Gasteiger partial charge in [-0.05, 0) is 13.0 Å². The fourth-order valence-electron chi connectivity index (χ4n) is 1.44. The highest BCUT2D eigenvalue weighted by Gasteiger charge is 2.14. The van der Waals surface area contributed by atoms with Crippen LogP contribution in [0.1, 0.15) is 23.0 Å². The standard InChI is InChI=1S/C11H15NO3/c1-8(2)6-12-5-4-9(11(13)14)10(12)7-15-3/h4-5H,1,6-7H2,2-3H3,(H,13,14). The van der Waals surface area contributed by atoms with Crippen molar-refractivity contribution < 1.29 is 14.6 Å². The van der Waals surface area contributed by atoms with Crippen LogP contribution in [-0.4, -0.2) is 22.8 Å². The Bertz CT molecular complexity index is 379. The lowest BCUT2D eigenvalue weighted by molar-refractivity contribution is 0.0691. The van der Waals surface area contributed by atoms with E-state index in [1.54, 1.807) is 19.4 Å². The summed E-state index contributed by atoms with van der Waals surface area (Å²) >= 11 is 0. The molecule has 0 aliphatic carbocycles. The molecule has 0 aliphatic heterocycles. The first-order chi connectivity index (χ1) is 7.06. The van der Waals surface area contributed by atoms with Gasteiger partial charge in [-0.2, -0.15) is 0 Å². The summed E-state index contributed by atoms with van der Waals surface area (Å²) < 4.78 is 6.83. The smallest absolute Gasteiger partial charge is 0.337 e. The highest BCUT2D eigenvalue weighted by atomic mass is 16.5. The van der Waals surface area contributed by atoms with Gasteiger partial charge in [0.25, 0.3) is 0 Å². The van der Waals surface area contributed by atoms with Gasteiger partial charge in [-0.25, -0.2) is 4.79 Å². The van der Waals surface area contributed by atoms with Gasteiger partial charge in [0.15, 0.2) is 0 Å². The average molecular weight is 209 g/mol. The third-order valence-corrected chi connectivity index (χ3v) is 2.03. The lowest BCUT2D eigenvalue weighted by Crippen LogP contribution is -2.08. The van der Waals surface area contributed by atoms with E-state index in [4.69, 9.17) is 9.84 Å². The zero-order chi connectivity index (χ0) is 11.4. The van der Waals surface area contributed by atoms with Gasteiger partial charge >= 0.3 is 5.97 Å². The molecule has 0 aromatic carbocycles. The Morgan fingerprint density at radius 1 is 1.67 bits per heavy atom. The van der Waals surface area contributed by atoms with Gasteiger partial charge in [-0.3, -0.25) is 0 Å². The molecule has 0 spiro atoms. The number of aromatic nitrogens is 1. The van der Waals surface area contributed by atoms with Crippen molar-refractivity contribution in [1.82, 2.24) is 4.57 Å². The molecule has 82 valence electrons. The first kappa shape index (κ1) is 11.5. The minimum absolute atomic E-state index is 0.290. The van der Waals surface area contributed by atoms with Gasteiger partial charge < -0.3 is 14.4 Å². The van der Waals surface area contributed by atoms with Crippen molar-refractivity contribution in [2.75, 3.05) is 7.11 Å². The molecule has 0 radical (unpaired) electrons. The normalized spacial score (nSPS) is 10.3. The molecule has 0 atom stereocenters. The largest absolute Gasteiger partial charge is 0.478 e. The van der Waals surface area contributed by atoms with Crippen molar-refractivity contribution in [3.63, 3.8) is 0 Å². The fourth-order valence-corrected chi connectivity index (χ4v) is 1.44. The van der Waals surface area contributed by atoms with Crippen LogP contribution in [0.2, 0.25) is 0 Å². The van der Waals surface area contributed by atoms with Crippen LogP contribution < -0.4 is 0 Å². The number of hydrogen-bond donors (Lipinski definition) is 1. The fraction of sp³-hybridized carbons (Fsp3) is 0.364. The maximum absolute atomic E-state index is 10.9. The molecule has 0 fully saturated rings. The Kier molecular flexibility index (Phi) is 3.68. The summed E-state index contributed by atoms with van der Waals surface area (Å²) in [6.45, 7) is 6.61. The molecule has 1 N–H and O–H groups in total. The van der Waals surface area contributed by atoms with E-state index in [2.05, 4.69) is 6.58 Å². The van der Waals surface area contributed by atoms with E-state index in [0.29, 0.717) is 18.8 Å². The van der Waals surface area contributed by atoms with E-state index >= 15 is 0 Å². The van der Waals surface area contributed by atoms with E-state index in [1.807, 2.05) is 11.5 Å². The SMILES string of the molecule is C=C(C)Cn1ccc(C(=O)O)c1COC. The van der Waals surface area contributed by atoms with E-state index in [1.165, 1.54) is 0 Å². The van der Waals surface area contributed by atoms with Crippen LogP contribution in [0.3, 0.4) is 0 Å². The first-order valence-electron chi connectivity index (χ1n) is 4.61. The summed E-state index contributed by atoms with van der Waals surface area (Å²) in [4.78, 5) is 10.9. The number of carboxylic acid groups (broad SMARTS) is 1. The molecule has 4 nitrogen and oxygen atoms in total. The monoisotopic (exact) mass is 209 g/mol. The van der Waals surface area contributed by atoms with Crippen LogP contribution in [0.4, 0.5) is 0 Å². The van der Waals surface area contributed by atoms with Gasteiger partial charge in [-0.1, -0.05) is 12.2 Å². The second kappa shape index (κ2) is 4.79. The van der Waals surface area contributed by atoms with Crippen LogP contribution in [0.25, 0.3) is 0 Å². The topological polar surface area (TPSA) is 51.5 Å². The Balaban J connectivity index is 3.05. The molecule has 1 rings (SSSR count). The maximum Gasteiger partial charge on any atom is 0.337 e. The third-order valence-electron chi connectivity index (χ3n) is 2.03. The van der Waals surface area contributed by atoms with Gasteiger partial charge in [0, 0.05) is 19.9 Å². The van der Waals surface area contributed by atoms with Crippen LogP contribution in [-0.2, 0) is 17.9 Å². The maximum atomic E-state index is 10.9. The summed E-state index contributed by atoms with van der Waals surface area (Å²) in [6.07, 6.45) is 1.74. The van der Waals surface area contributed by atoms with Crippen molar-refractivity contribution in [2.24, 2.45) is 0 Å². The molecule has 0 saturated heterocycles. The number of rotatable bonds is 5. The molecule has 1 aromatic heterocycles. The second-order valence-electron chi connectivity index (χ2n) is 3.50. The van der Waals surface area contributed by atoms with E-state index in [9.17, 15) is 4.79 Å². The Morgan fingerprint density at radius 3 is 2.80 bits per heavy atom. The molecule has 1 heterocycles. The lowest BCUT2D eigenvalue weighted by atomic mass is 10.2. The number of ether oxygens (including phenoxy) is 1. The van der Waals surface area contributed by atoms with Gasteiger partial charge in [0.2, 0.25) is 0 Å². The van der Waals surface area contributed by atoms with E-state index in [-0.39, 0.29) is 5.56 Å². The first-order valence-corrected chi connectivity index (χ1v) is 4.61. The van der Waals surface area contributed by atoms with E-state index in [0.717, 1.165) is 5.57 Å². The number of allylic oxidation sites excluding steroid dienone is 1. The van der Waals surface area contributed by atoms with Gasteiger partial charge in [0.1, 0.15) is 0 Å². The lowest BCUT2D eigenvalue weighted by Gasteiger charge is -2.09. The highest BCUT2D eigenvalue weighted by molar-refractivity contribution is 5.89. The molecule has 0 saturated carbocycles. The van der Waals surface area contributed by atoms with Crippen molar-refractivity contribution in [3.05, 3.63) is 35.7 Å². The van der Waals surface area contributed by atoms with Crippen molar-refractivity contribution >= 4 is 5.97 Å². The van der Waals surface area contributed by atoms with Crippen LogP contribution in [0.5, 0.6) is 0 Å². The number of methoxy groups -OCH3 is 1. The molecular formula is C11H15NO3. The molecule has 15 heavy (non-hydrogen) atoms. The minimum Gasteiger partial charge on any atom is -0.478 e. The molecular weight excluding hydrogens is 194 g/mol. The van der Waals surface area contributed by atoms with E-state index < -0.39 is 5.97 Å². The predicted octanol–water partition coefficient (Wildman–Crippen LogP) is 1.91. The summed E-state index contributed by atoms with van der Waals surface area (Å²) in [5.41, 5.74) is 1.94. The number of nitrogens with zero attached hydrogens (tertiary/aromatic N) is 1.